The number of benzene rings is 2. The van der Waals surface area contributed by atoms with Crippen molar-refractivity contribution in [3.8, 4) is 0 Å². The Kier molecular flexibility index (Phi) is 7.47. The van der Waals surface area contributed by atoms with Gasteiger partial charge in [0.15, 0.2) is 0 Å². The average Bonchev–Trinajstić information content (AvgIpc) is 2.42. The van der Waals surface area contributed by atoms with E-state index in [9.17, 15) is 0 Å². The molecule has 2 N–H and O–H groups in total. The second kappa shape index (κ2) is 8.60. The molecule has 0 aliphatic rings. The first-order valence-electron chi connectivity index (χ1n) is 7.11. The third kappa shape index (κ3) is 6.23. The first-order valence-corrected chi connectivity index (χ1v) is 8.70. The van der Waals surface area contributed by atoms with Gasteiger partial charge in [-0.2, -0.15) is 0 Å². The van der Waals surface area contributed by atoms with Crippen LogP contribution in [0.25, 0.3) is 0 Å². The van der Waals surface area contributed by atoms with Gasteiger partial charge in [-0.25, -0.2) is 0 Å². The molecule has 0 amide bonds. The van der Waals surface area contributed by atoms with Gasteiger partial charge in [-0.05, 0) is 63.2 Å². The van der Waals surface area contributed by atoms with Gasteiger partial charge in [0, 0.05) is 14.6 Å². The van der Waals surface area contributed by atoms with Crippen LogP contribution in [0.2, 0.25) is 0 Å². The molecule has 2 aromatic rings. The van der Waals surface area contributed by atoms with Crippen LogP contribution < -0.4 is 5.73 Å². The number of halogens is 2. The Hall–Kier alpha value is -0.800. The van der Waals surface area contributed by atoms with Gasteiger partial charge in [0.1, 0.15) is 0 Å². The number of nitrogen functional groups attached to an aromatic ring is 1. The predicted molar refractivity (Wildman–Crippen MR) is 101 cm³/mol. The molecule has 114 valence electrons. The lowest BCUT2D eigenvalue weighted by Crippen LogP contribution is -1.90. The zero-order valence-electron chi connectivity index (χ0n) is 13.0. The van der Waals surface area contributed by atoms with Crippen LogP contribution in [-0.4, -0.2) is 0 Å². The first kappa shape index (κ1) is 18.2. The number of nitrogens with two attached hydrogens (primary N) is 1. The summed E-state index contributed by atoms with van der Waals surface area (Å²) in [5.41, 5.74) is 9.14. The van der Waals surface area contributed by atoms with Crippen molar-refractivity contribution in [1.29, 1.82) is 0 Å². The SMILES string of the molecule is CC(C)c1ccc(N)c(Br)c1.CC(C)c1cccc(Br)c1. The van der Waals surface area contributed by atoms with Crippen LogP contribution in [0.1, 0.15) is 50.7 Å². The fourth-order valence-corrected chi connectivity index (χ4v) is 2.58. The summed E-state index contributed by atoms with van der Waals surface area (Å²) in [5.74, 6) is 1.18. The topological polar surface area (TPSA) is 26.0 Å². The van der Waals surface area contributed by atoms with E-state index in [1.807, 2.05) is 12.1 Å². The van der Waals surface area contributed by atoms with Crippen molar-refractivity contribution in [2.24, 2.45) is 0 Å². The highest BCUT2D eigenvalue weighted by molar-refractivity contribution is 9.10. The molecule has 0 spiro atoms. The van der Waals surface area contributed by atoms with Crippen molar-refractivity contribution in [2.75, 3.05) is 5.73 Å². The van der Waals surface area contributed by atoms with E-state index in [1.54, 1.807) is 0 Å². The minimum absolute atomic E-state index is 0.562. The first-order chi connectivity index (χ1) is 9.81. The smallest absolute Gasteiger partial charge is 0.0458 e. The highest BCUT2D eigenvalue weighted by atomic mass is 79.9. The third-order valence-electron chi connectivity index (χ3n) is 3.21. The zero-order chi connectivity index (χ0) is 16.0. The molecular formula is C18H23Br2N. The van der Waals surface area contributed by atoms with Crippen LogP contribution in [-0.2, 0) is 0 Å². The van der Waals surface area contributed by atoms with Crippen LogP contribution in [0.15, 0.2) is 51.4 Å². The highest BCUT2D eigenvalue weighted by Gasteiger charge is 2.00. The normalized spacial score (nSPS) is 10.5. The summed E-state index contributed by atoms with van der Waals surface area (Å²) in [6.07, 6.45) is 0. The van der Waals surface area contributed by atoms with Crippen molar-refractivity contribution in [2.45, 2.75) is 39.5 Å². The molecule has 2 aromatic carbocycles. The van der Waals surface area contributed by atoms with Gasteiger partial charge >= 0.3 is 0 Å². The second-order valence-electron chi connectivity index (χ2n) is 5.65. The van der Waals surface area contributed by atoms with Gasteiger partial charge in [-0.15, -0.1) is 0 Å². The minimum atomic E-state index is 0.562. The molecule has 0 aliphatic carbocycles. The molecule has 2 rings (SSSR count). The van der Waals surface area contributed by atoms with Crippen LogP contribution in [0.3, 0.4) is 0 Å². The molecule has 1 nitrogen and oxygen atoms in total. The fraction of sp³-hybridized carbons (Fsp3) is 0.333. The maximum atomic E-state index is 5.64. The minimum Gasteiger partial charge on any atom is -0.398 e. The lowest BCUT2D eigenvalue weighted by Gasteiger charge is -2.06. The van der Waals surface area contributed by atoms with Crippen molar-refractivity contribution in [3.63, 3.8) is 0 Å². The quantitative estimate of drug-likeness (QED) is 0.543. The van der Waals surface area contributed by atoms with E-state index < -0.39 is 0 Å². The van der Waals surface area contributed by atoms with Gasteiger partial charge in [-0.3, -0.25) is 0 Å². The molecule has 0 saturated carbocycles. The summed E-state index contributed by atoms with van der Waals surface area (Å²) < 4.78 is 2.16. The Balaban J connectivity index is 0.000000211. The fourth-order valence-electron chi connectivity index (χ4n) is 1.77. The summed E-state index contributed by atoms with van der Waals surface area (Å²) in [4.78, 5) is 0. The van der Waals surface area contributed by atoms with E-state index in [2.05, 4.69) is 89.9 Å². The lowest BCUT2D eigenvalue weighted by molar-refractivity contribution is 0.866. The van der Waals surface area contributed by atoms with Gasteiger partial charge in [0.2, 0.25) is 0 Å². The maximum absolute atomic E-state index is 5.64. The van der Waals surface area contributed by atoms with E-state index in [0.29, 0.717) is 11.8 Å². The van der Waals surface area contributed by atoms with Gasteiger partial charge in [0.05, 0.1) is 0 Å². The van der Waals surface area contributed by atoms with Crippen molar-refractivity contribution >= 4 is 37.5 Å². The third-order valence-corrected chi connectivity index (χ3v) is 4.39. The lowest BCUT2D eigenvalue weighted by atomic mass is 10.0. The predicted octanol–water partition coefficient (Wildman–Crippen LogP) is 6.73. The second-order valence-corrected chi connectivity index (χ2v) is 7.42. The van der Waals surface area contributed by atoms with E-state index in [4.69, 9.17) is 5.73 Å². The molecule has 0 aromatic heterocycles. The molecule has 3 heteroatoms. The van der Waals surface area contributed by atoms with Crippen molar-refractivity contribution in [1.82, 2.24) is 0 Å². The number of anilines is 1. The summed E-state index contributed by atoms with van der Waals surface area (Å²) >= 11 is 6.82. The summed E-state index contributed by atoms with van der Waals surface area (Å²) in [5, 5.41) is 0. The summed E-state index contributed by atoms with van der Waals surface area (Å²) in [7, 11) is 0. The van der Waals surface area contributed by atoms with Gasteiger partial charge in [0.25, 0.3) is 0 Å². The highest BCUT2D eigenvalue weighted by Crippen LogP contribution is 2.24. The van der Waals surface area contributed by atoms with Crippen LogP contribution in [0, 0.1) is 0 Å². The average molecular weight is 413 g/mol. The molecule has 0 saturated heterocycles. The van der Waals surface area contributed by atoms with E-state index >= 15 is 0 Å². The molecule has 0 heterocycles. The Morgan fingerprint density at radius 1 is 0.810 bits per heavy atom. The number of hydrogen-bond donors (Lipinski definition) is 1. The molecule has 0 aliphatic heterocycles. The van der Waals surface area contributed by atoms with Crippen LogP contribution in [0.4, 0.5) is 5.69 Å². The Labute approximate surface area is 145 Å². The Morgan fingerprint density at radius 3 is 1.81 bits per heavy atom. The zero-order valence-corrected chi connectivity index (χ0v) is 16.2. The molecule has 0 bridgehead atoms. The molecule has 21 heavy (non-hydrogen) atoms. The van der Waals surface area contributed by atoms with Crippen LogP contribution >= 0.6 is 31.9 Å². The summed E-state index contributed by atoms with van der Waals surface area (Å²) in [6, 6.07) is 14.5. The summed E-state index contributed by atoms with van der Waals surface area (Å²) in [6.45, 7) is 8.72. The van der Waals surface area contributed by atoms with E-state index in [0.717, 1.165) is 10.2 Å². The van der Waals surface area contributed by atoms with Crippen molar-refractivity contribution in [3.05, 3.63) is 62.5 Å². The van der Waals surface area contributed by atoms with Crippen LogP contribution in [0.5, 0.6) is 0 Å². The van der Waals surface area contributed by atoms with Gasteiger partial charge < -0.3 is 5.73 Å². The largest absolute Gasteiger partial charge is 0.398 e. The molecule has 0 radical (unpaired) electrons. The maximum Gasteiger partial charge on any atom is 0.0458 e. The molecule has 0 fully saturated rings. The Bertz CT molecular complexity index is 577. The molecular weight excluding hydrogens is 390 g/mol. The number of hydrogen-bond acceptors (Lipinski definition) is 1. The standard InChI is InChI=1S/C9H12BrN.C9H11Br/c1-6(2)7-3-4-9(11)8(10)5-7;1-7(2)8-4-3-5-9(10)6-8/h3-6H,11H2,1-2H3;3-7H,1-2H3. The Morgan fingerprint density at radius 2 is 1.38 bits per heavy atom. The van der Waals surface area contributed by atoms with Gasteiger partial charge in [-0.1, -0.05) is 61.8 Å². The molecule has 0 atom stereocenters. The monoisotopic (exact) mass is 411 g/mol. The van der Waals surface area contributed by atoms with Crippen molar-refractivity contribution < 1.29 is 0 Å². The number of rotatable bonds is 2. The van der Waals surface area contributed by atoms with E-state index in [1.165, 1.54) is 15.6 Å². The molecule has 0 unspecified atom stereocenters. The van der Waals surface area contributed by atoms with E-state index in [-0.39, 0.29) is 0 Å².